The van der Waals surface area contributed by atoms with Gasteiger partial charge in [-0.1, -0.05) is 19.8 Å². The van der Waals surface area contributed by atoms with E-state index in [1.165, 1.54) is 12.5 Å². The third-order valence-electron chi connectivity index (χ3n) is 5.07. The molecule has 1 N–H and O–H groups in total. The Labute approximate surface area is 165 Å². The van der Waals surface area contributed by atoms with Crippen molar-refractivity contribution >= 4 is 18.0 Å². The monoisotopic (exact) mass is 389 g/mol. The van der Waals surface area contributed by atoms with Crippen LogP contribution in [0.2, 0.25) is 0 Å². The molecule has 0 bridgehead atoms. The number of benzene rings is 1. The van der Waals surface area contributed by atoms with Crippen molar-refractivity contribution in [1.29, 1.82) is 0 Å². The van der Waals surface area contributed by atoms with E-state index >= 15 is 0 Å². The number of carbonyl (C=O) groups is 2. The van der Waals surface area contributed by atoms with Gasteiger partial charge in [0.25, 0.3) is 5.91 Å². The number of ether oxygens (including phenoxy) is 4. The van der Waals surface area contributed by atoms with Crippen LogP contribution in [0.5, 0.6) is 17.2 Å². The van der Waals surface area contributed by atoms with Crippen molar-refractivity contribution in [1.82, 2.24) is 5.32 Å². The van der Waals surface area contributed by atoms with Crippen molar-refractivity contribution in [2.75, 3.05) is 26.9 Å². The fourth-order valence-corrected chi connectivity index (χ4v) is 3.52. The Kier molecular flexibility index (Phi) is 6.79. The average Bonchev–Trinajstić information content (AvgIpc) is 2.71. The lowest BCUT2D eigenvalue weighted by Gasteiger charge is -2.29. The summed E-state index contributed by atoms with van der Waals surface area (Å²) < 4.78 is 21.5. The number of amides is 1. The molecule has 0 spiro atoms. The minimum Gasteiger partial charge on any atom is -0.493 e. The Morgan fingerprint density at radius 3 is 2.79 bits per heavy atom. The smallest absolute Gasteiger partial charge is 0.331 e. The summed E-state index contributed by atoms with van der Waals surface area (Å²) in [7, 11) is 1.54. The molecule has 0 unspecified atom stereocenters. The highest BCUT2D eigenvalue weighted by Crippen LogP contribution is 2.40. The van der Waals surface area contributed by atoms with Crippen LogP contribution < -0.4 is 19.5 Å². The molecule has 3 rings (SSSR count). The second-order valence-electron chi connectivity index (χ2n) is 7.12. The second-order valence-corrected chi connectivity index (χ2v) is 7.12. The molecule has 1 amide bonds. The summed E-state index contributed by atoms with van der Waals surface area (Å²) in [5, 5.41) is 2.96. The maximum Gasteiger partial charge on any atom is 0.331 e. The van der Waals surface area contributed by atoms with Crippen molar-refractivity contribution in [3.8, 4) is 17.2 Å². The van der Waals surface area contributed by atoms with Gasteiger partial charge < -0.3 is 24.3 Å². The number of esters is 1. The summed E-state index contributed by atoms with van der Waals surface area (Å²) in [5.41, 5.74) is 0.707. The first kappa shape index (κ1) is 20.0. The van der Waals surface area contributed by atoms with Crippen molar-refractivity contribution in [3.63, 3.8) is 0 Å². The number of nitrogens with one attached hydrogen (secondary N) is 1. The molecule has 0 saturated heterocycles. The Bertz CT molecular complexity index is 727. The van der Waals surface area contributed by atoms with Crippen molar-refractivity contribution in [3.05, 3.63) is 23.8 Å². The molecule has 1 aromatic carbocycles. The molecule has 1 fully saturated rings. The van der Waals surface area contributed by atoms with Gasteiger partial charge in [-0.25, -0.2) is 4.79 Å². The van der Waals surface area contributed by atoms with E-state index in [-0.39, 0.29) is 18.6 Å². The predicted octanol–water partition coefficient (Wildman–Crippen LogP) is 2.72. The average molecular weight is 389 g/mol. The minimum atomic E-state index is -0.583. The fraction of sp³-hybridized carbons (Fsp3) is 0.524. The van der Waals surface area contributed by atoms with E-state index in [4.69, 9.17) is 18.9 Å². The molecule has 1 aliphatic heterocycles. The Morgan fingerprint density at radius 1 is 1.21 bits per heavy atom. The van der Waals surface area contributed by atoms with Crippen LogP contribution >= 0.6 is 0 Å². The molecule has 0 aromatic heterocycles. The van der Waals surface area contributed by atoms with Gasteiger partial charge in [0, 0.05) is 12.1 Å². The lowest BCUT2D eigenvalue weighted by molar-refractivity contribution is -0.144. The highest BCUT2D eigenvalue weighted by atomic mass is 16.6. The number of carbonyl (C=O) groups excluding carboxylic acids is 2. The molecule has 1 aromatic rings. The molecular weight excluding hydrogens is 362 g/mol. The Hall–Kier alpha value is -2.70. The number of fused-ring (bicyclic) bond motifs is 1. The summed E-state index contributed by atoms with van der Waals surface area (Å²) >= 11 is 0. The highest BCUT2D eigenvalue weighted by Gasteiger charge is 2.23. The van der Waals surface area contributed by atoms with Gasteiger partial charge in [0.15, 0.2) is 18.1 Å². The molecule has 0 radical (unpaired) electrons. The molecule has 152 valence electrons. The predicted molar refractivity (Wildman–Crippen MR) is 104 cm³/mol. The molecule has 7 nitrogen and oxygen atoms in total. The first-order valence-corrected chi connectivity index (χ1v) is 9.68. The minimum absolute atomic E-state index is 0.167. The zero-order valence-electron chi connectivity index (χ0n) is 16.4. The lowest BCUT2D eigenvalue weighted by Crippen LogP contribution is -2.42. The molecular formula is C21H27NO6. The third-order valence-corrected chi connectivity index (χ3v) is 5.07. The number of rotatable bonds is 6. The maximum atomic E-state index is 12.0. The molecule has 1 saturated carbocycles. The van der Waals surface area contributed by atoms with E-state index in [1.807, 2.05) is 0 Å². The van der Waals surface area contributed by atoms with E-state index in [1.54, 1.807) is 25.3 Å². The van der Waals surface area contributed by atoms with Crippen LogP contribution in [0, 0.1) is 5.92 Å². The number of hydrogen-bond donors (Lipinski definition) is 1. The zero-order chi connectivity index (χ0) is 19.9. The van der Waals surface area contributed by atoms with Gasteiger partial charge >= 0.3 is 5.97 Å². The number of hydrogen-bond acceptors (Lipinski definition) is 6. The Balaban J connectivity index is 1.51. The van der Waals surface area contributed by atoms with Crippen LogP contribution in [-0.2, 0) is 14.3 Å². The SMILES string of the molecule is COc1cc(/C=C/C(=O)OCC(=O)N[C@@H]2CCCC[C@H]2C)cc2c1OCCO2. The normalized spacial score (nSPS) is 21.2. The maximum absolute atomic E-state index is 12.0. The first-order chi connectivity index (χ1) is 13.6. The topological polar surface area (TPSA) is 83.1 Å². The number of methoxy groups -OCH3 is 1. The molecule has 1 aliphatic carbocycles. The van der Waals surface area contributed by atoms with Gasteiger partial charge in [0.05, 0.1) is 7.11 Å². The lowest BCUT2D eigenvalue weighted by atomic mass is 9.86. The quantitative estimate of drug-likeness (QED) is 0.595. The standard InChI is InChI=1S/C21H27NO6/c1-14-5-3-4-6-16(14)22-19(23)13-28-20(24)8-7-15-11-17(25-2)21-18(12-15)26-9-10-27-21/h7-8,11-12,14,16H,3-6,9-10,13H2,1-2H3,(H,22,23)/b8-7+/t14-,16-/m1/s1. The van der Waals surface area contributed by atoms with E-state index in [0.717, 1.165) is 19.3 Å². The summed E-state index contributed by atoms with van der Waals surface area (Å²) in [6.45, 7) is 2.78. The third kappa shape index (κ3) is 5.18. The van der Waals surface area contributed by atoms with Gasteiger partial charge in [0.2, 0.25) is 5.75 Å². The molecule has 2 aliphatic rings. The van der Waals surface area contributed by atoms with E-state index in [0.29, 0.717) is 41.9 Å². The van der Waals surface area contributed by atoms with Gasteiger partial charge in [0.1, 0.15) is 13.2 Å². The van der Waals surface area contributed by atoms with E-state index in [9.17, 15) is 9.59 Å². The van der Waals surface area contributed by atoms with Gasteiger partial charge in [-0.15, -0.1) is 0 Å². The van der Waals surface area contributed by atoms with Crippen molar-refractivity contribution in [2.45, 2.75) is 38.6 Å². The molecule has 7 heteroatoms. The van der Waals surface area contributed by atoms with Crippen LogP contribution in [-0.4, -0.2) is 44.8 Å². The molecule has 28 heavy (non-hydrogen) atoms. The van der Waals surface area contributed by atoms with Crippen LogP contribution in [0.1, 0.15) is 38.2 Å². The van der Waals surface area contributed by atoms with Gasteiger partial charge in [-0.05, 0) is 42.5 Å². The largest absolute Gasteiger partial charge is 0.493 e. The van der Waals surface area contributed by atoms with E-state index in [2.05, 4.69) is 12.2 Å². The molecule has 1 heterocycles. The highest BCUT2D eigenvalue weighted by molar-refractivity contribution is 5.89. The zero-order valence-corrected chi connectivity index (χ0v) is 16.4. The summed E-state index contributed by atoms with van der Waals surface area (Å²) in [4.78, 5) is 24.0. The van der Waals surface area contributed by atoms with Crippen LogP contribution in [0.3, 0.4) is 0 Å². The van der Waals surface area contributed by atoms with Crippen LogP contribution in [0.4, 0.5) is 0 Å². The van der Waals surface area contributed by atoms with Gasteiger partial charge in [-0.2, -0.15) is 0 Å². The summed E-state index contributed by atoms with van der Waals surface area (Å²) in [6, 6.07) is 3.67. The molecule has 2 atom stereocenters. The van der Waals surface area contributed by atoms with Crippen molar-refractivity contribution in [2.24, 2.45) is 5.92 Å². The van der Waals surface area contributed by atoms with Gasteiger partial charge in [-0.3, -0.25) is 4.79 Å². The Morgan fingerprint density at radius 2 is 2.00 bits per heavy atom. The summed E-state index contributed by atoms with van der Waals surface area (Å²) in [5.74, 6) is 1.27. The van der Waals surface area contributed by atoms with Crippen LogP contribution in [0.25, 0.3) is 6.08 Å². The van der Waals surface area contributed by atoms with E-state index < -0.39 is 5.97 Å². The van der Waals surface area contributed by atoms with Crippen molar-refractivity contribution < 1.29 is 28.5 Å². The second kappa shape index (κ2) is 9.48. The first-order valence-electron chi connectivity index (χ1n) is 9.68. The van der Waals surface area contributed by atoms with Crippen LogP contribution in [0.15, 0.2) is 18.2 Å². The fourth-order valence-electron chi connectivity index (χ4n) is 3.52. The summed E-state index contributed by atoms with van der Waals surface area (Å²) in [6.07, 6.45) is 7.29.